The van der Waals surface area contributed by atoms with Crippen LogP contribution in [0.4, 0.5) is 5.69 Å². The second-order valence-corrected chi connectivity index (χ2v) is 3.49. The van der Waals surface area contributed by atoms with Crippen molar-refractivity contribution in [3.63, 3.8) is 0 Å². The lowest BCUT2D eigenvalue weighted by Gasteiger charge is -2.16. The van der Waals surface area contributed by atoms with Crippen molar-refractivity contribution in [2.45, 2.75) is 19.4 Å². The molecule has 4 heteroatoms. The normalized spacial score (nSPS) is 12.2. The largest absolute Gasteiger partial charge is 0.494 e. The van der Waals surface area contributed by atoms with E-state index in [9.17, 15) is 0 Å². The summed E-state index contributed by atoms with van der Waals surface area (Å²) < 4.78 is 5.32. The fourth-order valence-corrected chi connectivity index (χ4v) is 1.41. The Bertz CT molecular complexity index is 287. The molecule has 1 aromatic carbocycles. The van der Waals surface area contributed by atoms with E-state index in [2.05, 4.69) is 5.32 Å². The third-order valence-electron chi connectivity index (χ3n) is 2.23. The molecule has 1 rings (SSSR count). The fraction of sp³-hybridized carbons (Fsp3) is 0.500. The van der Waals surface area contributed by atoms with Crippen LogP contribution in [-0.2, 0) is 0 Å². The second-order valence-electron chi connectivity index (χ2n) is 3.49. The van der Waals surface area contributed by atoms with E-state index in [0.717, 1.165) is 11.4 Å². The first-order valence-electron chi connectivity index (χ1n) is 5.51. The Labute approximate surface area is 95.9 Å². The van der Waals surface area contributed by atoms with E-state index in [0.29, 0.717) is 13.0 Å². The number of rotatable bonds is 7. The van der Waals surface area contributed by atoms with Crippen molar-refractivity contribution < 1.29 is 14.9 Å². The molecule has 1 aromatic rings. The van der Waals surface area contributed by atoms with Gasteiger partial charge in [0.25, 0.3) is 0 Å². The minimum absolute atomic E-state index is 0.00771. The average molecular weight is 225 g/mol. The van der Waals surface area contributed by atoms with E-state index in [1.165, 1.54) is 0 Å². The average Bonchev–Trinajstić information content (AvgIpc) is 2.31. The van der Waals surface area contributed by atoms with Crippen LogP contribution in [-0.4, -0.2) is 36.1 Å². The van der Waals surface area contributed by atoms with Gasteiger partial charge < -0.3 is 20.3 Å². The Morgan fingerprint density at radius 1 is 1.25 bits per heavy atom. The SMILES string of the molecule is CCOc1ccc(NC(CO)CCO)cc1. The van der Waals surface area contributed by atoms with Crippen LogP contribution >= 0.6 is 0 Å². The first-order valence-corrected chi connectivity index (χ1v) is 5.51. The Hall–Kier alpha value is -1.26. The Kier molecular flexibility index (Phi) is 5.67. The summed E-state index contributed by atoms with van der Waals surface area (Å²) in [4.78, 5) is 0. The van der Waals surface area contributed by atoms with Crippen LogP contribution in [0.3, 0.4) is 0 Å². The highest BCUT2D eigenvalue weighted by molar-refractivity contribution is 5.47. The molecule has 90 valence electrons. The predicted octanol–water partition coefficient (Wildman–Crippen LogP) is 1.24. The number of anilines is 1. The van der Waals surface area contributed by atoms with Crippen molar-refractivity contribution in [3.8, 4) is 5.75 Å². The molecule has 0 aliphatic heterocycles. The maximum Gasteiger partial charge on any atom is 0.119 e. The molecular formula is C12H19NO3. The first-order chi connectivity index (χ1) is 7.80. The van der Waals surface area contributed by atoms with E-state index in [4.69, 9.17) is 14.9 Å². The lowest BCUT2D eigenvalue weighted by molar-refractivity contribution is 0.229. The Morgan fingerprint density at radius 2 is 1.94 bits per heavy atom. The van der Waals surface area contributed by atoms with E-state index in [1.54, 1.807) is 0 Å². The molecule has 0 bridgehead atoms. The summed E-state index contributed by atoms with van der Waals surface area (Å²) in [5, 5.41) is 21.0. The van der Waals surface area contributed by atoms with Crippen LogP contribution in [0, 0.1) is 0 Å². The van der Waals surface area contributed by atoms with Crippen LogP contribution in [0.2, 0.25) is 0 Å². The van der Waals surface area contributed by atoms with E-state index >= 15 is 0 Å². The maximum absolute atomic E-state index is 9.06. The highest BCUT2D eigenvalue weighted by atomic mass is 16.5. The van der Waals surface area contributed by atoms with Gasteiger partial charge in [-0.1, -0.05) is 0 Å². The van der Waals surface area contributed by atoms with Gasteiger partial charge in [0.15, 0.2) is 0 Å². The van der Waals surface area contributed by atoms with Gasteiger partial charge in [-0.3, -0.25) is 0 Å². The zero-order valence-corrected chi connectivity index (χ0v) is 9.52. The molecule has 0 radical (unpaired) electrons. The van der Waals surface area contributed by atoms with Crippen LogP contribution in [0.1, 0.15) is 13.3 Å². The van der Waals surface area contributed by atoms with Crippen LogP contribution in [0.25, 0.3) is 0 Å². The summed E-state index contributed by atoms with van der Waals surface area (Å²) in [6, 6.07) is 7.43. The van der Waals surface area contributed by atoms with Crippen molar-refractivity contribution in [1.29, 1.82) is 0 Å². The van der Waals surface area contributed by atoms with Crippen molar-refractivity contribution >= 4 is 5.69 Å². The van der Waals surface area contributed by atoms with Gasteiger partial charge in [0.2, 0.25) is 0 Å². The lowest BCUT2D eigenvalue weighted by Crippen LogP contribution is -2.24. The molecule has 0 saturated carbocycles. The standard InChI is InChI=1S/C12H19NO3/c1-2-16-12-5-3-10(4-6-12)13-11(9-15)7-8-14/h3-6,11,13-15H,2,7-9H2,1H3. The van der Waals surface area contributed by atoms with Crippen molar-refractivity contribution in [1.82, 2.24) is 0 Å². The summed E-state index contributed by atoms with van der Waals surface area (Å²) in [6.07, 6.45) is 0.531. The monoisotopic (exact) mass is 225 g/mol. The van der Waals surface area contributed by atoms with Gasteiger partial charge in [0.1, 0.15) is 5.75 Å². The summed E-state index contributed by atoms with van der Waals surface area (Å²) >= 11 is 0. The topological polar surface area (TPSA) is 61.7 Å². The van der Waals surface area contributed by atoms with E-state index < -0.39 is 0 Å². The smallest absolute Gasteiger partial charge is 0.119 e. The first kappa shape index (κ1) is 12.8. The summed E-state index contributed by atoms with van der Waals surface area (Å²) in [5.74, 6) is 0.829. The molecule has 1 atom stereocenters. The highest BCUT2D eigenvalue weighted by Crippen LogP contribution is 2.16. The number of aliphatic hydroxyl groups excluding tert-OH is 2. The molecule has 1 unspecified atom stereocenters. The number of nitrogens with one attached hydrogen (secondary N) is 1. The number of aliphatic hydroxyl groups is 2. The third kappa shape index (κ3) is 4.08. The molecular weight excluding hydrogens is 206 g/mol. The molecule has 0 saturated heterocycles. The molecule has 0 aliphatic carbocycles. The molecule has 0 aromatic heterocycles. The molecule has 4 nitrogen and oxygen atoms in total. The zero-order valence-electron chi connectivity index (χ0n) is 9.52. The zero-order chi connectivity index (χ0) is 11.8. The summed E-state index contributed by atoms with van der Waals surface area (Å²) in [7, 11) is 0. The Balaban J connectivity index is 2.53. The third-order valence-corrected chi connectivity index (χ3v) is 2.23. The number of hydrogen-bond acceptors (Lipinski definition) is 4. The van der Waals surface area contributed by atoms with Gasteiger partial charge in [-0.25, -0.2) is 0 Å². The van der Waals surface area contributed by atoms with Gasteiger partial charge in [-0.2, -0.15) is 0 Å². The number of ether oxygens (including phenoxy) is 1. The molecule has 16 heavy (non-hydrogen) atoms. The molecule has 0 amide bonds. The Morgan fingerprint density at radius 3 is 2.44 bits per heavy atom. The van der Waals surface area contributed by atoms with Gasteiger partial charge in [-0.15, -0.1) is 0 Å². The molecule has 0 heterocycles. The van der Waals surface area contributed by atoms with Gasteiger partial charge >= 0.3 is 0 Å². The summed E-state index contributed by atoms with van der Waals surface area (Å²) in [5.41, 5.74) is 0.913. The fourth-order valence-electron chi connectivity index (χ4n) is 1.41. The molecule has 3 N–H and O–H groups in total. The van der Waals surface area contributed by atoms with E-state index in [-0.39, 0.29) is 19.3 Å². The van der Waals surface area contributed by atoms with Crippen molar-refractivity contribution in [3.05, 3.63) is 24.3 Å². The lowest BCUT2D eigenvalue weighted by atomic mass is 10.2. The molecule has 0 aliphatic rings. The van der Waals surface area contributed by atoms with Crippen molar-refractivity contribution in [2.75, 3.05) is 25.1 Å². The van der Waals surface area contributed by atoms with Crippen LogP contribution in [0.5, 0.6) is 5.75 Å². The van der Waals surface area contributed by atoms with E-state index in [1.807, 2.05) is 31.2 Å². The number of benzene rings is 1. The van der Waals surface area contributed by atoms with Crippen LogP contribution < -0.4 is 10.1 Å². The van der Waals surface area contributed by atoms with Gasteiger partial charge in [0.05, 0.1) is 19.3 Å². The minimum atomic E-state index is -0.108. The van der Waals surface area contributed by atoms with Gasteiger partial charge in [0, 0.05) is 12.3 Å². The molecule has 0 fully saturated rings. The minimum Gasteiger partial charge on any atom is -0.494 e. The van der Waals surface area contributed by atoms with Crippen LogP contribution in [0.15, 0.2) is 24.3 Å². The molecule has 0 spiro atoms. The summed E-state index contributed by atoms with van der Waals surface area (Å²) in [6.45, 7) is 2.66. The predicted molar refractivity (Wildman–Crippen MR) is 63.8 cm³/mol. The van der Waals surface area contributed by atoms with Crippen molar-refractivity contribution in [2.24, 2.45) is 0 Å². The maximum atomic E-state index is 9.06. The second kappa shape index (κ2) is 7.09. The highest BCUT2D eigenvalue weighted by Gasteiger charge is 2.05. The quantitative estimate of drug-likeness (QED) is 0.653. The van der Waals surface area contributed by atoms with Gasteiger partial charge in [-0.05, 0) is 37.6 Å². The number of hydrogen-bond donors (Lipinski definition) is 3.